The molecule has 0 spiro atoms. The van der Waals surface area contributed by atoms with Gasteiger partial charge in [-0.25, -0.2) is 9.97 Å². The largest absolute Gasteiger partial charge is 0.508 e. The van der Waals surface area contributed by atoms with Crippen molar-refractivity contribution >= 4 is 16.9 Å². The second kappa shape index (κ2) is 9.12. The highest BCUT2D eigenvalue weighted by molar-refractivity contribution is 5.91. The summed E-state index contributed by atoms with van der Waals surface area (Å²) in [5.74, 6) is 2.24. The number of hydrogen-bond acceptors (Lipinski definition) is 6. The maximum absolute atomic E-state index is 10.0. The molecule has 6 rings (SSSR count). The average molecular weight is 459 g/mol. The fourth-order valence-corrected chi connectivity index (χ4v) is 5.21. The van der Waals surface area contributed by atoms with Crippen molar-refractivity contribution in [2.75, 3.05) is 44.3 Å². The number of hydrogen-bond donors (Lipinski definition) is 3. The maximum Gasteiger partial charge on any atom is 0.162 e. The molecule has 1 aromatic carbocycles. The number of fused-ring (bicyclic) bond motifs is 1. The van der Waals surface area contributed by atoms with Crippen LogP contribution >= 0.6 is 0 Å². The number of H-pyrrole nitrogens is 2. The van der Waals surface area contributed by atoms with E-state index in [0.29, 0.717) is 25.0 Å². The third-order valence-electron chi connectivity index (χ3n) is 7.03. The van der Waals surface area contributed by atoms with Crippen LogP contribution in [0.1, 0.15) is 30.0 Å². The molecule has 2 aliphatic rings. The fraction of sp³-hybridized carbons (Fsp3) is 0.385. The van der Waals surface area contributed by atoms with Gasteiger partial charge in [-0.05, 0) is 61.7 Å². The van der Waals surface area contributed by atoms with E-state index in [1.807, 2.05) is 18.3 Å². The Kier molecular flexibility index (Phi) is 5.68. The van der Waals surface area contributed by atoms with Crippen LogP contribution in [0.3, 0.4) is 0 Å². The topological polar surface area (TPSA) is 93.3 Å². The summed E-state index contributed by atoms with van der Waals surface area (Å²) in [6.07, 6.45) is 6.34. The number of phenolic OH excluding ortho intramolecular Hbond substituents is 1. The van der Waals surface area contributed by atoms with E-state index >= 15 is 0 Å². The van der Waals surface area contributed by atoms with Gasteiger partial charge in [-0.2, -0.15) is 0 Å². The van der Waals surface area contributed by atoms with Crippen LogP contribution in [0.5, 0.6) is 5.75 Å². The lowest BCUT2D eigenvalue weighted by atomic mass is 9.90. The number of aromatic hydroxyl groups is 1. The lowest BCUT2D eigenvalue weighted by Crippen LogP contribution is -2.37. The Morgan fingerprint density at radius 3 is 2.62 bits per heavy atom. The SMILES string of the molecule is Oc1cccc(-c2nc(N3CCOCC3)c3[nH]cc(C4CCN(Cc5ccc[nH]5)CC4)c3n2)c1. The van der Waals surface area contributed by atoms with E-state index in [4.69, 9.17) is 14.7 Å². The number of nitrogens with zero attached hydrogens (tertiary/aromatic N) is 4. The number of benzene rings is 1. The fourth-order valence-electron chi connectivity index (χ4n) is 5.21. The van der Waals surface area contributed by atoms with Gasteiger partial charge in [-0.15, -0.1) is 0 Å². The summed E-state index contributed by atoms with van der Waals surface area (Å²) in [7, 11) is 0. The summed E-state index contributed by atoms with van der Waals surface area (Å²) in [5, 5.41) is 10.0. The van der Waals surface area contributed by atoms with E-state index in [1.54, 1.807) is 12.1 Å². The van der Waals surface area contributed by atoms with Crippen molar-refractivity contribution in [1.29, 1.82) is 0 Å². The molecule has 2 fully saturated rings. The molecule has 0 bridgehead atoms. The van der Waals surface area contributed by atoms with E-state index in [1.165, 1.54) is 11.3 Å². The van der Waals surface area contributed by atoms with Crippen LogP contribution in [-0.4, -0.2) is 69.3 Å². The molecular weight excluding hydrogens is 428 g/mol. The summed E-state index contributed by atoms with van der Waals surface area (Å²) < 4.78 is 5.58. The third-order valence-corrected chi connectivity index (χ3v) is 7.03. The monoisotopic (exact) mass is 458 g/mol. The van der Waals surface area contributed by atoms with E-state index in [2.05, 4.69) is 38.1 Å². The lowest BCUT2D eigenvalue weighted by molar-refractivity contribution is 0.122. The highest BCUT2D eigenvalue weighted by Gasteiger charge is 2.26. The summed E-state index contributed by atoms with van der Waals surface area (Å²) in [6, 6.07) is 11.4. The molecule has 3 aromatic heterocycles. The van der Waals surface area contributed by atoms with Crippen molar-refractivity contribution in [2.24, 2.45) is 0 Å². The van der Waals surface area contributed by atoms with Gasteiger partial charge in [-0.3, -0.25) is 4.90 Å². The smallest absolute Gasteiger partial charge is 0.162 e. The Morgan fingerprint density at radius 1 is 1.00 bits per heavy atom. The number of ether oxygens (including phenoxy) is 1. The first-order valence-corrected chi connectivity index (χ1v) is 12.1. The molecule has 0 aliphatic carbocycles. The van der Waals surface area contributed by atoms with E-state index in [0.717, 1.165) is 68.0 Å². The second-order valence-corrected chi connectivity index (χ2v) is 9.23. The predicted octanol–water partition coefficient (Wildman–Crippen LogP) is 3.87. The number of phenols is 1. The number of aromatic amines is 2. The van der Waals surface area contributed by atoms with E-state index in [-0.39, 0.29) is 5.75 Å². The van der Waals surface area contributed by atoms with Crippen LogP contribution < -0.4 is 4.90 Å². The molecule has 0 radical (unpaired) electrons. The Morgan fingerprint density at radius 2 is 1.85 bits per heavy atom. The van der Waals surface area contributed by atoms with E-state index < -0.39 is 0 Å². The molecule has 5 heterocycles. The number of aromatic nitrogens is 4. The summed E-state index contributed by atoms with van der Waals surface area (Å²) in [5.41, 5.74) is 5.36. The quantitative estimate of drug-likeness (QED) is 0.420. The average Bonchev–Trinajstić information content (AvgIpc) is 3.55. The minimum atomic E-state index is 0.220. The Balaban J connectivity index is 1.33. The van der Waals surface area contributed by atoms with Gasteiger partial charge in [0.25, 0.3) is 0 Å². The number of rotatable bonds is 5. The molecule has 8 nitrogen and oxygen atoms in total. The molecule has 2 aliphatic heterocycles. The van der Waals surface area contributed by atoms with Gasteiger partial charge in [0.05, 0.1) is 18.7 Å². The van der Waals surface area contributed by atoms with Gasteiger partial charge in [0.2, 0.25) is 0 Å². The normalized spacial score (nSPS) is 18.1. The first-order chi connectivity index (χ1) is 16.7. The number of likely N-dealkylation sites (tertiary alicyclic amines) is 1. The van der Waals surface area contributed by atoms with E-state index in [9.17, 15) is 5.11 Å². The van der Waals surface area contributed by atoms with Gasteiger partial charge >= 0.3 is 0 Å². The minimum absolute atomic E-state index is 0.220. The van der Waals surface area contributed by atoms with Crippen molar-refractivity contribution in [1.82, 2.24) is 24.8 Å². The highest BCUT2D eigenvalue weighted by atomic mass is 16.5. The zero-order valence-electron chi connectivity index (χ0n) is 19.2. The molecular formula is C26H30N6O2. The number of nitrogens with one attached hydrogen (secondary N) is 2. The number of piperidine rings is 1. The molecule has 0 atom stereocenters. The van der Waals surface area contributed by atoms with Crippen LogP contribution in [-0.2, 0) is 11.3 Å². The van der Waals surface area contributed by atoms with Crippen LogP contribution in [0.2, 0.25) is 0 Å². The Labute approximate surface area is 198 Å². The number of anilines is 1. The van der Waals surface area contributed by atoms with Gasteiger partial charge in [0.15, 0.2) is 11.6 Å². The van der Waals surface area contributed by atoms with Crippen LogP contribution in [0.25, 0.3) is 22.4 Å². The zero-order chi connectivity index (χ0) is 22.9. The molecule has 3 N–H and O–H groups in total. The summed E-state index contributed by atoms with van der Waals surface area (Å²) in [6.45, 7) is 6.10. The molecule has 34 heavy (non-hydrogen) atoms. The van der Waals surface area contributed by atoms with Gasteiger partial charge in [0.1, 0.15) is 11.3 Å². The molecule has 2 saturated heterocycles. The van der Waals surface area contributed by atoms with Crippen molar-refractivity contribution in [3.05, 3.63) is 60.0 Å². The van der Waals surface area contributed by atoms with Crippen LogP contribution in [0, 0.1) is 0 Å². The molecule has 0 saturated carbocycles. The van der Waals surface area contributed by atoms with Gasteiger partial charge in [0, 0.05) is 43.3 Å². The van der Waals surface area contributed by atoms with Gasteiger partial charge < -0.3 is 24.7 Å². The molecule has 0 amide bonds. The third kappa shape index (κ3) is 4.15. The predicted molar refractivity (Wildman–Crippen MR) is 132 cm³/mol. The standard InChI is InChI=1S/C26H30N6O2/c33-21-5-1-3-19(15-21)25-29-23-22(16-28-24(23)26(30-25)32-11-13-34-14-12-32)18-6-9-31(10-7-18)17-20-4-2-8-27-20/h1-5,8,15-16,18,27-28,33H,6-7,9-14,17H2. The summed E-state index contributed by atoms with van der Waals surface area (Å²) in [4.78, 5) is 21.6. The lowest BCUT2D eigenvalue weighted by Gasteiger charge is -2.31. The second-order valence-electron chi connectivity index (χ2n) is 9.23. The Hall–Kier alpha value is -3.36. The van der Waals surface area contributed by atoms with Crippen molar-refractivity contribution in [3.63, 3.8) is 0 Å². The highest BCUT2D eigenvalue weighted by Crippen LogP contribution is 2.37. The molecule has 0 unspecified atom stereocenters. The summed E-state index contributed by atoms with van der Waals surface area (Å²) >= 11 is 0. The van der Waals surface area contributed by atoms with Crippen molar-refractivity contribution in [2.45, 2.75) is 25.3 Å². The number of morpholine rings is 1. The maximum atomic E-state index is 10.0. The molecule has 4 aromatic rings. The molecule has 176 valence electrons. The van der Waals surface area contributed by atoms with Crippen molar-refractivity contribution in [3.8, 4) is 17.1 Å². The van der Waals surface area contributed by atoms with Crippen LogP contribution in [0.4, 0.5) is 5.82 Å². The first-order valence-electron chi connectivity index (χ1n) is 12.1. The van der Waals surface area contributed by atoms with Crippen LogP contribution in [0.15, 0.2) is 48.8 Å². The zero-order valence-corrected chi connectivity index (χ0v) is 19.2. The molecule has 8 heteroatoms. The van der Waals surface area contributed by atoms with Crippen molar-refractivity contribution < 1.29 is 9.84 Å². The first kappa shape index (κ1) is 21.2. The van der Waals surface area contributed by atoms with Gasteiger partial charge in [-0.1, -0.05) is 12.1 Å². The Bertz CT molecular complexity index is 1250. The minimum Gasteiger partial charge on any atom is -0.508 e.